The average Bonchev–Trinajstić information content (AvgIpc) is 1.25. The van der Waals surface area contributed by atoms with E-state index in [1.54, 1.807) is 0 Å². The predicted octanol–water partition coefficient (Wildman–Crippen LogP) is -0.746. The van der Waals surface area contributed by atoms with Gasteiger partial charge < -0.3 is 0 Å². The third-order valence-corrected chi connectivity index (χ3v) is 0. The normalized spacial score (nSPS) is 7.00. The number of halogens is 3. The van der Waals surface area contributed by atoms with Crippen molar-refractivity contribution in [2.75, 3.05) is 0 Å². The minimum atomic E-state index is -3.67. The van der Waals surface area contributed by atoms with Crippen LogP contribution in [0.15, 0.2) is 0 Å². The Balaban J connectivity index is -0.0000000720. The van der Waals surface area contributed by atoms with E-state index in [4.69, 9.17) is 0 Å². The fourth-order valence-corrected chi connectivity index (χ4v) is 0. The van der Waals surface area contributed by atoms with Crippen LogP contribution in [0.5, 0.6) is 0 Å². The van der Waals surface area contributed by atoms with Crippen molar-refractivity contribution in [1.82, 2.24) is 0 Å². The Labute approximate surface area is 68.2 Å². The monoisotopic (exact) mass is 148 g/mol. The Morgan fingerprint density at radius 1 is 1.00 bits per heavy atom. The number of rotatable bonds is 0. The topological polar surface area (TPSA) is 0 Å². The second-order valence-corrected chi connectivity index (χ2v) is 4.75. The standard InChI is InChI=1S/C3H9Si.BF3.Li/c1-4(2)3;2-1(3)4;/h1-3H3;;/q-1;;+1. The summed E-state index contributed by atoms with van der Waals surface area (Å²) in [6, 6.07) is 0. The number of hydrogen-bond donors (Lipinski definition) is 0. The largest absolute Gasteiger partial charge is 1.00 e. The molecular formula is C3H9BF3LiSi. The second-order valence-electron chi connectivity index (χ2n) is 1.75. The van der Waals surface area contributed by atoms with Gasteiger partial charge in [0.15, 0.2) is 0 Å². The first-order chi connectivity index (χ1) is 3.46. The van der Waals surface area contributed by atoms with E-state index >= 15 is 0 Å². The van der Waals surface area contributed by atoms with E-state index in [1.165, 1.54) is 0 Å². The van der Waals surface area contributed by atoms with Crippen LogP contribution in [0.2, 0.25) is 19.6 Å². The molecule has 0 atom stereocenters. The van der Waals surface area contributed by atoms with E-state index in [9.17, 15) is 12.9 Å². The Morgan fingerprint density at radius 2 is 1.00 bits per heavy atom. The van der Waals surface area contributed by atoms with Crippen LogP contribution in [0.4, 0.5) is 12.9 Å². The molecule has 50 valence electrons. The molecule has 0 bridgehead atoms. The molecule has 0 N–H and O–H groups in total. The average molecular weight is 148 g/mol. The van der Waals surface area contributed by atoms with E-state index in [0.717, 1.165) is 0 Å². The van der Waals surface area contributed by atoms with Gasteiger partial charge in [0, 0.05) is 0 Å². The minimum absolute atomic E-state index is 0. The van der Waals surface area contributed by atoms with Crippen LogP contribution in [0.1, 0.15) is 0 Å². The van der Waals surface area contributed by atoms with Gasteiger partial charge in [0.1, 0.15) is 0 Å². The summed E-state index contributed by atoms with van der Waals surface area (Å²) in [4.78, 5) is 0. The number of hydrogen-bond acceptors (Lipinski definition) is 0. The zero-order chi connectivity index (χ0) is 7.15. The molecule has 0 rings (SSSR count). The van der Waals surface area contributed by atoms with Crippen molar-refractivity contribution in [1.29, 1.82) is 0 Å². The Bertz CT molecular complexity index is 34.5. The summed E-state index contributed by atoms with van der Waals surface area (Å²) in [5.41, 5.74) is 0. The van der Waals surface area contributed by atoms with Crippen molar-refractivity contribution in [3.63, 3.8) is 0 Å². The first-order valence-corrected chi connectivity index (χ1v) is 5.15. The van der Waals surface area contributed by atoms with Gasteiger partial charge in [-0.1, -0.05) is 0 Å². The molecule has 0 aromatic rings. The first kappa shape index (κ1) is 16.3. The Hall–Kier alpha value is 0.669. The molecule has 0 amide bonds. The molecule has 0 aliphatic rings. The van der Waals surface area contributed by atoms with E-state index in [0.29, 0.717) is 0 Å². The molecule has 0 saturated heterocycles. The molecule has 0 aromatic heterocycles. The Kier molecular flexibility index (Phi) is 20.8. The van der Waals surface area contributed by atoms with Gasteiger partial charge in [0.2, 0.25) is 0 Å². The summed E-state index contributed by atoms with van der Waals surface area (Å²) in [7, 11) is -3.55. The van der Waals surface area contributed by atoms with E-state index < -0.39 is 7.54 Å². The summed E-state index contributed by atoms with van der Waals surface area (Å²) in [6.07, 6.45) is 0. The SMILES string of the molecule is C[Si-](C)C.FB(F)F.[Li+]. The molecule has 0 aliphatic carbocycles. The van der Waals surface area contributed by atoms with Gasteiger partial charge in [-0.2, -0.15) is 19.6 Å². The Morgan fingerprint density at radius 3 is 1.00 bits per heavy atom. The van der Waals surface area contributed by atoms with Crippen molar-refractivity contribution >= 4 is 16.3 Å². The van der Waals surface area contributed by atoms with Gasteiger partial charge in [0.05, 0.1) is 0 Å². The summed E-state index contributed by atoms with van der Waals surface area (Å²) in [5.74, 6) is 0. The fraction of sp³-hybridized carbons (Fsp3) is 1.00. The van der Waals surface area contributed by atoms with Crippen molar-refractivity contribution in [2.45, 2.75) is 19.6 Å². The maximum Gasteiger partial charge on any atom is 1.00 e. The molecule has 0 radical (unpaired) electrons. The van der Waals surface area contributed by atoms with Gasteiger partial charge in [-0.15, -0.1) is 0 Å². The van der Waals surface area contributed by atoms with Crippen LogP contribution in [0, 0.1) is 0 Å². The summed E-state index contributed by atoms with van der Waals surface area (Å²) >= 11 is 0. The van der Waals surface area contributed by atoms with Crippen LogP contribution < -0.4 is 18.9 Å². The third kappa shape index (κ3) is 861. The molecule has 6 heteroatoms. The van der Waals surface area contributed by atoms with E-state index in [-0.39, 0.29) is 27.7 Å². The van der Waals surface area contributed by atoms with Crippen LogP contribution in [-0.2, 0) is 0 Å². The predicted molar refractivity (Wildman–Crippen MR) is 32.4 cm³/mol. The van der Waals surface area contributed by atoms with E-state index in [2.05, 4.69) is 19.6 Å². The van der Waals surface area contributed by atoms with Crippen molar-refractivity contribution < 1.29 is 31.8 Å². The van der Waals surface area contributed by atoms with Gasteiger partial charge in [-0.05, 0) is 0 Å². The summed E-state index contributed by atoms with van der Waals surface area (Å²) in [6.45, 7) is 6.81. The molecule has 0 aliphatic heterocycles. The maximum atomic E-state index is 9.67. The van der Waals surface area contributed by atoms with E-state index in [1.807, 2.05) is 0 Å². The fourth-order valence-electron chi connectivity index (χ4n) is 0. The molecule has 0 spiro atoms. The molecule has 0 saturated carbocycles. The summed E-state index contributed by atoms with van der Waals surface area (Å²) in [5, 5.41) is 0. The molecule has 9 heavy (non-hydrogen) atoms. The van der Waals surface area contributed by atoms with Gasteiger partial charge in [0.25, 0.3) is 0 Å². The first-order valence-electron chi connectivity index (χ1n) is 2.15. The third-order valence-electron chi connectivity index (χ3n) is 0. The van der Waals surface area contributed by atoms with Crippen molar-refractivity contribution in [3.8, 4) is 0 Å². The quantitative estimate of drug-likeness (QED) is 0.396. The van der Waals surface area contributed by atoms with Gasteiger partial charge >= 0.3 is 26.4 Å². The van der Waals surface area contributed by atoms with Crippen molar-refractivity contribution in [3.05, 3.63) is 0 Å². The maximum absolute atomic E-state index is 9.67. The van der Waals surface area contributed by atoms with Crippen LogP contribution in [0.3, 0.4) is 0 Å². The van der Waals surface area contributed by atoms with Gasteiger partial charge in [-0.3, -0.25) is 21.7 Å². The molecule has 0 aromatic carbocycles. The summed E-state index contributed by atoms with van der Waals surface area (Å²) < 4.78 is 29.0. The molecule has 0 nitrogen and oxygen atoms in total. The molecule has 0 unspecified atom stereocenters. The smallest absolute Gasteiger partial charge is 0.271 e. The van der Waals surface area contributed by atoms with Crippen LogP contribution >= 0.6 is 0 Å². The van der Waals surface area contributed by atoms with Crippen LogP contribution in [0.25, 0.3) is 0 Å². The van der Waals surface area contributed by atoms with Gasteiger partial charge in [-0.25, -0.2) is 0 Å². The zero-order valence-electron chi connectivity index (χ0n) is 6.21. The molecule has 0 heterocycles. The van der Waals surface area contributed by atoms with Crippen molar-refractivity contribution in [2.24, 2.45) is 0 Å². The van der Waals surface area contributed by atoms with Crippen LogP contribution in [-0.4, -0.2) is 16.3 Å². The molecule has 0 fully saturated rings. The minimum Gasteiger partial charge on any atom is -0.271 e. The molecular weight excluding hydrogens is 139 g/mol. The second kappa shape index (κ2) is 11.5. The zero-order valence-corrected chi connectivity index (χ0v) is 7.21.